The average molecular weight is 374 g/mol. The topological polar surface area (TPSA) is 49.9 Å². The Morgan fingerprint density at radius 1 is 1.12 bits per heavy atom. The number of alkyl halides is 3. The van der Waals surface area contributed by atoms with Crippen molar-refractivity contribution in [2.75, 3.05) is 20.6 Å². The SMILES string of the molecule is CCCCCN(OC(=O)C(F)(F)F)C(=O)C(Cc1ccccc1)N(C)C. The molecule has 0 aromatic heterocycles. The number of halogens is 3. The highest BCUT2D eigenvalue weighted by atomic mass is 19.4. The van der Waals surface area contributed by atoms with Crippen LogP contribution in [0.25, 0.3) is 0 Å². The first-order chi connectivity index (χ1) is 12.2. The molecule has 8 heteroatoms. The molecule has 1 rings (SSSR count). The van der Waals surface area contributed by atoms with Gasteiger partial charge in [0.15, 0.2) is 0 Å². The first kappa shape index (κ1) is 22.0. The van der Waals surface area contributed by atoms with E-state index < -0.39 is 24.1 Å². The van der Waals surface area contributed by atoms with Crippen molar-refractivity contribution < 1.29 is 27.6 Å². The zero-order valence-electron chi connectivity index (χ0n) is 15.3. The Hall–Kier alpha value is -2.09. The first-order valence-electron chi connectivity index (χ1n) is 8.47. The molecule has 0 aliphatic rings. The van der Waals surface area contributed by atoms with Crippen molar-refractivity contribution in [1.29, 1.82) is 0 Å². The summed E-state index contributed by atoms with van der Waals surface area (Å²) >= 11 is 0. The van der Waals surface area contributed by atoms with Gasteiger partial charge in [0.1, 0.15) is 0 Å². The summed E-state index contributed by atoms with van der Waals surface area (Å²) in [7, 11) is 3.31. The molecular formula is C18H25F3N2O3. The minimum absolute atomic E-state index is 0.0758. The lowest BCUT2D eigenvalue weighted by atomic mass is 10.0. The van der Waals surface area contributed by atoms with Gasteiger partial charge in [0, 0.05) is 0 Å². The molecule has 0 spiro atoms. The minimum Gasteiger partial charge on any atom is -0.330 e. The summed E-state index contributed by atoms with van der Waals surface area (Å²) in [5.41, 5.74) is 0.857. The lowest BCUT2D eigenvalue weighted by Gasteiger charge is -2.29. The monoisotopic (exact) mass is 374 g/mol. The van der Waals surface area contributed by atoms with Crippen molar-refractivity contribution in [3.63, 3.8) is 0 Å². The van der Waals surface area contributed by atoms with Crippen LogP contribution in [0.3, 0.4) is 0 Å². The predicted molar refractivity (Wildman–Crippen MR) is 91.0 cm³/mol. The number of hydroxylamine groups is 2. The van der Waals surface area contributed by atoms with Gasteiger partial charge in [-0.05, 0) is 32.5 Å². The van der Waals surface area contributed by atoms with Gasteiger partial charge < -0.3 is 4.84 Å². The maximum Gasteiger partial charge on any atom is 0.493 e. The maximum absolute atomic E-state index is 12.8. The molecule has 0 saturated heterocycles. The summed E-state index contributed by atoms with van der Waals surface area (Å²) in [5.74, 6) is -3.06. The Bertz CT molecular complexity index is 577. The second-order valence-electron chi connectivity index (χ2n) is 6.19. The van der Waals surface area contributed by atoms with Crippen LogP contribution in [-0.4, -0.2) is 54.7 Å². The first-order valence-corrected chi connectivity index (χ1v) is 8.47. The number of hydrogen-bond acceptors (Lipinski definition) is 4. The Kier molecular flexibility index (Phi) is 8.57. The van der Waals surface area contributed by atoms with Gasteiger partial charge in [-0.3, -0.25) is 9.69 Å². The fourth-order valence-corrected chi connectivity index (χ4v) is 2.35. The number of unbranched alkanes of at least 4 members (excludes halogenated alkanes) is 2. The van der Waals surface area contributed by atoms with Gasteiger partial charge in [-0.1, -0.05) is 50.1 Å². The standard InChI is InChI=1S/C18H25F3N2O3/c1-4-5-9-12-23(26-17(25)18(19,20)21)16(24)15(22(2)3)13-14-10-7-6-8-11-14/h6-8,10-11,15H,4-5,9,12-13H2,1-3H3. The quantitative estimate of drug-likeness (QED) is 0.518. The summed E-state index contributed by atoms with van der Waals surface area (Å²) < 4.78 is 37.6. The van der Waals surface area contributed by atoms with E-state index in [0.29, 0.717) is 24.3 Å². The summed E-state index contributed by atoms with van der Waals surface area (Å²) in [6.45, 7) is 1.85. The van der Waals surface area contributed by atoms with E-state index in [2.05, 4.69) is 4.84 Å². The zero-order chi connectivity index (χ0) is 19.7. The molecule has 1 aromatic rings. The Balaban J connectivity index is 2.95. The molecule has 1 unspecified atom stereocenters. The van der Waals surface area contributed by atoms with Crippen molar-refractivity contribution in [1.82, 2.24) is 9.96 Å². The van der Waals surface area contributed by atoms with Gasteiger partial charge in [-0.25, -0.2) is 4.79 Å². The second kappa shape index (κ2) is 10.2. The minimum atomic E-state index is -5.16. The zero-order valence-corrected chi connectivity index (χ0v) is 15.3. The Morgan fingerprint density at radius 2 is 1.73 bits per heavy atom. The van der Waals surface area contributed by atoms with Crippen LogP contribution in [-0.2, 0) is 20.8 Å². The number of hydrogen-bond donors (Lipinski definition) is 0. The van der Waals surface area contributed by atoms with Crippen LogP contribution in [0.5, 0.6) is 0 Å². The number of rotatable bonds is 8. The molecule has 1 aromatic carbocycles. The van der Waals surface area contributed by atoms with E-state index in [0.717, 1.165) is 12.0 Å². The molecule has 0 radical (unpaired) electrons. The molecule has 26 heavy (non-hydrogen) atoms. The summed E-state index contributed by atoms with van der Waals surface area (Å²) in [6.07, 6.45) is -2.90. The summed E-state index contributed by atoms with van der Waals surface area (Å²) in [6, 6.07) is 8.36. The van der Waals surface area contributed by atoms with E-state index >= 15 is 0 Å². The molecular weight excluding hydrogens is 349 g/mol. The van der Waals surface area contributed by atoms with Crippen molar-refractivity contribution in [2.45, 2.75) is 44.8 Å². The highest BCUT2D eigenvalue weighted by molar-refractivity contribution is 5.84. The fourth-order valence-electron chi connectivity index (χ4n) is 2.35. The van der Waals surface area contributed by atoms with Crippen molar-refractivity contribution in [3.8, 4) is 0 Å². The molecule has 0 bridgehead atoms. The van der Waals surface area contributed by atoms with Crippen LogP contribution < -0.4 is 0 Å². The van der Waals surface area contributed by atoms with E-state index in [4.69, 9.17) is 0 Å². The number of amides is 1. The molecule has 5 nitrogen and oxygen atoms in total. The lowest BCUT2D eigenvalue weighted by molar-refractivity contribution is -0.238. The number of nitrogens with zero attached hydrogens (tertiary/aromatic N) is 2. The lowest BCUT2D eigenvalue weighted by Crippen LogP contribution is -2.49. The molecule has 0 N–H and O–H groups in total. The summed E-state index contributed by atoms with van der Waals surface area (Å²) in [5, 5.41) is 0.555. The highest BCUT2D eigenvalue weighted by Gasteiger charge is 2.44. The maximum atomic E-state index is 12.8. The summed E-state index contributed by atoms with van der Waals surface area (Å²) in [4.78, 5) is 30.0. The number of carbonyl (C=O) groups excluding carboxylic acids is 2. The molecule has 1 amide bonds. The van der Waals surface area contributed by atoms with Gasteiger partial charge in [-0.15, -0.1) is 0 Å². The van der Waals surface area contributed by atoms with E-state index in [9.17, 15) is 22.8 Å². The molecule has 146 valence electrons. The molecule has 0 aliphatic carbocycles. The van der Waals surface area contributed by atoms with Crippen molar-refractivity contribution >= 4 is 11.9 Å². The van der Waals surface area contributed by atoms with Gasteiger partial charge in [0.05, 0.1) is 12.6 Å². The average Bonchev–Trinajstić information content (AvgIpc) is 2.58. The third-order valence-corrected chi connectivity index (χ3v) is 3.82. The second-order valence-corrected chi connectivity index (χ2v) is 6.19. The van der Waals surface area contributed by atoms with E-state index in [-0.39, 0.29) is 6.54 Å². The Morgan fingerprint density at radius 3 is 2.23 bits per heavy atom. The van der Waals surface area contributed by atoms with Crippen LogP contribution in [0.2, 0.25) is 0 Å². The van der Waals surface area contributed by atoms with Crippen LogP contribution in [0.4, 0.5) is 13.2 Å². The molecule has 0 aliphatic heterocycles. The molecule has 0 saturated carbocycles. The predicted octanol–water partition coefficient (Wildman–Crippen LogP) is 3.20. The van der Waals surface area contributed by atoms with Crippen LogP contribution >= 0.6 is 0 Å². The van der Waals surface area contributed by atoms with Crippen molar-refractivity contribution in [3.05, 3.63) is 35.9 Å². The largest absolute Gasteiger partial charge is 0.493 e. The van der Waals surface area contributed by atoms with Crippen LogP contribution in [0.15, 0.2) is 30.3 Å². The number of benzene rings is 1. The molecule has 0 heterocycles. The number of likely N-dealkylation sites (N-methyl/N-ethyl adjacent to an activating group) is 1. The fraction of sp³-hybridized carbons (Fsp3) is 0.556. The highest BCUT2D eigenvalue weighted by Crippen LogP contribution is 2.19. The van der Waals surface area contributed by atoms with Crippen molar-refractivity contribution in [2.24, 2.45) is 0 Å². The third kappa shape index (κ3) is 7.03. The van der Waals surface area contributed by atoms with Gasteiger partial charge >= 0.3 is 12.1 Å². The van der Waals surface area contributed by atoms with E-state index in [1.165, 1.54) is 0 Å². The number of carbonyl (C=O) groups is 2. The van der Waals surface area contributed by atoms with E-state index in [1.807, 2.05) is 37.3 Å². The van der Waals surface area contributed by atoms with Crippen LogP contribution in [0, 0.1) is 0 Å². The van der Waals surface area contributed by atoms with E-state index in [1.54, 1.807) is 19.0 Å². The smallest absolute Gasteiger partial charge is 0.330 e. The Labute approximate surface area is 151 Å². The van der Waals surface area contributed by atoms with Crippen LogP contribution in [0.1, 0.15) is 31.7 Å². The van der Waals surface area contributed by atoms with Gasteiger partial charge in [-0.2, -0.15) is 18.2 Å². The molecule has 0 fully saturated rings. The third-order valence-electron chi connectivity index (χ3n) is 3.82. The van der Waals surface area contributed by atoms with Gasteiger partial charge in [0.25, 0.3) is 5.91 Å². The normalized spacial score (nSPS) is 12.7. The van der Waals surface area contributed by atoms with Gasteiger partial charge in [0.2, 0.25) is 0 Å². The molecule has 1 atom stereocenters.